The van der Waals surface area contributed by atoms with E-state index in [9.17, 15) is 23.4 Å². The molecule has 2 aromatic heterocycles. The maximum atomic E-state index is 13.0. The fourth-order valence-electron chi connectivity index (χ4n) is 5.75. The number of hydrogen-bond donors (Lipinski definition) is 5. The highest BCUT2D eigenvalue weighted by molar-refractivity contribution is 7.88. The lowest BCUT2D eigenvalue weighted by atomic mass is 9.91. The van der Waals surface area contributed by atoms with E-state index in [-0.39, 0.29) is 29.7 Å². The molecule has 3 aromatic carbocycles. The summed E-state index contributed by atoms with van der Waals surface area (Å²) in [4.78, 5) is 26.3. The second-order valence-corrected chi connectivity index (χ2v) is 13.3. The van der Waals surface area contributed by atoms with Gasteiger partial charge in [0.1, 0.15) is 18.0 Å². The van der Waals surface area contributed by atoms with Crippen molar-refractivity contribution in [2.24, 2.45) is 0 Å². The summed E-state index contributed by atoms with van der Waals surface area (Å²) in [6.07, 6.45) is -4.11. The van der Waals surface area contributed by atoms with Gasteiger partial charge in [-0.2, -0.15) is 0 Å². The molecule has 1 fully saturated rings. The number of carbonyl (C=O) groups is 1. The first-order valence-electron chi connectivity index (χ1n) is 15.6. The van der Waals surface area contributed by atoms with E-state index in [1.165, 1.54) is 10.9 Å². The van der Waals surface area contributed by atoms with Crippen LogP contribution in [0.2, 0.25) is 0 Å². The molecule has 0 bridgehead atoms. The first kappa shape index (κ1) is 33.2. The summed E-state index contributed by atoms with van der Waals surface area (Å²) in [6.45, 7) is 2.23. The van der Waals surface area contributed by atoms with E-state index in [0.717, 1.165) is 11.1 Å². The fourth-order valence-corrected chi connectivity index (χ4v) is 6.83. The number of anilines is 1. The molecule has 0 unspecified atom stereocenters. The Labute approximate surface area is 278 Å². The van der Waals surface area contributed by atoms with E-state index in [2.05, 4.69) is 30.3 Å². The van der Waals surface area contributed by atoms with Gasteiger partial charge in [0.2, 0.25) is 10.0 Å². The Hall–Kier alpha value is -4.73. The highest BCUT2D eigenvalue weighted by atomic mass is 32.2. The van der Waals surface area contributed by atoms with Gasteiger partial charge >= 0.3 is 0 Å². The smallest absolute Gasteiger partial charge is 0.252 e. The van der Waals surface area contributed by atoms with Gasteiger partial charge in [0.15, 0.2) is 29.3 Å². The number of nitrogens with zero attached hydrogens (tertiary/aromatic N) is 4. The molecule has 48 heavy (non-hydrogen) atoms. The van der Waals surface area contributed by atoms with Gasteiger partial charge in [0, 0.05) is 19.0 Å². The van der Waals surface area contributed by atoms with Gasteiger partial charge in [-0.25, -0.2) is 28.1 Å². The van der Waals surface area contributed by atoms with Crippen molar-refractivity contribution < 1.29 is 28.2 Å². The third-order valence-electron chi connectivity index (χ3n) is 8.12. The van der Waals surface area contributed by atoms with Crippen molar-refractivity contribution >= 4 is 32.9 Å². The number of carbonyl (C=O) groups excluding carboxylic acids is 1. The molecule has 0 spiro atoms. The number of likely N-dealkylation sites (N-methyl/N-ethyl adjacent to an activating group) is 1. The van der Waals surface area contributed by atoms with Crippen LogP contribution in [0.25, 0.3) is 11.2 Å². The quantitative estimate of drug-likeness (QED) is 0.125. The van der Waals surface area contributed by atoms with Crippen LogP contribution < -0.4 is 15.4 Å². The zero-order valence-corrected chi connectivity index (χ0v) is 27.0. The van der Waals surface area contributed by atoms with Crippen LogP contribution in [-0.4, -0.2) is 75.5 Å². The van der Waals surface area contributed by atoms with Gasteiger partial charge in [0.25, 0.3) is 5.91 Å². The molecule has 5 aromatic rings. The Balaban J connectivity index is 1.34. The number of amides is 1. The molecule has 250 valence electrons. The average molecular weight is 672 g/mol. The maximum absolute atomic E-state index is 13.0. The molecule has 0 saturated carbocycles. The molecule has 14 heteroatoms. The molecule has 1 aliphatic rings. The second-order valence-electron chi connectivity index (χ2n) is 11.5. The number of aliphatic hydroxyl groups is 2. The summed E-state index contributed by atoms with van der Waals surface area (Å²) in [7, 11) is -3.76. The summed E-state index contributed by atoms with van der Waals surface area (Å²) in [5, 5.41) is 27.6. The van der Waals surface area contributed by atoms with Crippen molar-refractivity contribution in [3.05, 3.63) is 120 Å². The van der Waals surface area contributed by atoms with Gasteiger partial charge in [-0.1, -0.05) is 91.0 Å². The number of hydrogen-bond acceptors (Lipinski definition) is 10. The Kier molecular flexibility index (Phi) is 10.1. The van der Waals surface area contributed by atoms with E-state index < -0.39 is 40.5 Å². The third kappa shape index (κ3) is 7.37. The van der Waals surface area contributed by atoms with Crippen molar-refractivity contribution in [2.45, 2.75) is 49.7 Å². The van der Waals surface area contributed by atoms with Gasteiger partial charge in [-0.05, 0) is 23.6 Å². The number of nitrogens with one attached hydrogen (secondary N) is 3. The summed E-state index contributed by atoms with van der Waals surface area (Å²) < 4.78 is 35.8. The predicted molar refractivity (Wildman–Crippen MR) is 179 cm³/mol. The number of aliphatic hydroxyl groups excluding tert-OH is 2. The van der Waals surface area contributed by atoms with Gasteiger partial charge in [0.05, 0.1) is 18.6 Å². The molecule has 0 radical (unpaired) electrons. The number of fused-ring (bicyclic) bond motifs is 1. The number of aromatic nitrogens is 4. The molecule has 5 N–H and O–H groups in total. The van der Waals surface area contributed by atoms with Crippen LogP contribution in [0.5, 0.6) is 0 Å². The predicted octanol–water partition coefficient (Wildman–Crippen LogP) is 2.45. The number of sulfonamides is 1. The minimum absolute atomic E-state index is 0.0692. The summed E-state index contributed by atoms with van der Waals surface area (Å²) >= 11 is 0. The standard InChI is InChI=1S/C34H37N7O6S/c1-2-35-33(44)30-28(42)29(43)34(47-30)41-21-37-27-31(36-18-25(23-14-8-4-9-15-23)24-16-10-5-11-17-24)39-26(40-32(27)41)19-38-48(45,46)20-22-12-6-3-7-13-22/h3-17,21,25,28-30,34,38,42-43H,2,18-20H2,1H3,(H,35,44)(H,36,39,40)/t28-,29+,30-,34+/m0/s1. The van der Waals surface area contributed by atoms with E-state index >= 15 is 0 Å². The van der Waals surface area contributed by atoms with Crippen molar-refractivity contribution in [3.8, 4) is 0 Å². The lowest BCUT2D eigenvalue weighted by Gasteiger charge is -2.20. The minimum atomic E-state index is -3.76. The Bertz CT molecular complexity index is 1910. The van der Waals surface area contributed by atoms with Crippen molar-refractivity contribution in [3.63, 3.8) is 0 Å². The number of benzene rings is 3. The number of ether oxygens (including phenoxy) is 1. The maximum Gasteiger partial charge on any atom is 0.252 e. The van der Waals surface area contributed by atoms with Gasteiger partial charge in [-0.15, -0.1) is 0 Å². The Morgan fingerprint density at radius 3 is 2.17 bits per heavy atom. The fraction of sp³-hybridized carbons (Fsp3) is 0.294. The molecule has 6 rings (SSSR count). The molecule has 0 aliphatic carbocycles. The average Bonchev–Trinajstić information content (AvgIpc) is 3.65. The SMILES string of the molecule is CCNC(=O)[C@H]1O[C@@H](n2cnc3c(NCC(c4ccccc4)c4ccccc4)nc(CNS(=O)(=O)Cc4ccccc4)nc32)[C@H](O)[C@@H]1O. The van der Waals surface area contributed by atoms with Crippen molar-refractivity contribution in [1.82, 2.24) is 29.6 Å². The van der Waals surface area contributed by atoms with Crippen LogP contribution in [0.1, 0.15) is 41.6 Å². The molecular weight excluding hydrogens is 634 g/mol. The summed E-state index contributed by atoms with van der Waals surface area (Å²) in [5.41, 5.74) is 3.33. The van der Waals surface area contributed by atoms with Crippen LogP contribution in [0, 0.1) is 0 Å². The molecule has 1 aliphatic heterocycles. The first-order chi connectivity index (χ1) is 23.2. The molecule has 4 atom stereocenters. The van der Waals surface area contributed by atoms with E-state index in [1.807, 2.05) is 66.7 Å². The van der Waals surface area contributed by atoms with E-state index in [1.54, 1.807) is 31.2 Å². The van der Waals surface area contributed by atoms with Crippen LogP contribution in [-0.2, 0) is 31.9 Å². The summed E-state index contributed by atoms with van der Waals surface area (Å²) in [5.74, 6) is -0.389. The first-order valence-corrected chi connectivity index (χ1v) is 17.3. The molecular formula is C34H37N7O6S. The Morgan fingerprint density at radius 1 is 0.917 bits per heavy atom. The molecule has 1 amide bonds. The number of rotatable bonds is 13. The number of imidazole rings is 1. The molecule has 1 saturated heterocycles. The van der Waals surface area contributed by atoms with E-state index in [4.69, 9.17) is 4.74 Å². The normalized spacial score (nSPS) is 19.5. The highest BCUT2D eigenvalue weighted by Gasteiger charge is 2.47. The zero-order valence-electron chi connectivity index (χ0n) is 26.2. The zero-order chi connectivity index (χ0) is 33.7. The van der Waals surface area contributed by atoms with Crippen LogP contribution in [0.4, 0.5) is 5.82 Å². The largest absolute Gasteiger partial charge is 0.387 e. The van der Waals surface area contributed by atoms with Crippen LogP contribution in [0.3, 0.4) is 0 Å². The lowest BCUT2D eigenvalue weighted by Crippen LogP contribution is -2.42. The molecule has 13 nitrogen and oxygen atoms in total. The topological polar surface area (TPSA) is 181 Å². The van der Waals surface area contributed by atoms with Crippen molar-refractivity contribution in [2.75, 3.05) is 18.4 Å². The van der Waals surface area contributed by atoms with E-state index in [0.29, 0.717) is 30.0 Å². The van der Waals surface area contributed by atoms with Gasteiger partial charge < -0.3 is 25.6 Å². The monoisotopic (exact) mass is 671 g/mol. The van der Waals surface area contributed by atoms with Crippen LogP contribution in [0.15, 0.2) is 97.3 Å². The lowest BCUT2D eigenvalue weighted by molar-refractivity contribution is -0.137. The second kappa shape index (κ2) is 14.6. The van der Waals surface area contributed by atoms with Gasteiger partial charge in [-0.3, -0.25) is 9.36 Å². The summed E-state index contributed by atoms with van der Waals surface area (Å²) in [6, 6.07) is 28.8. The highest BCUT2D eigenvalue weighted by Crippen LogP contribution is 2.33. The third-order valence-corrected chi connectivity index (χ3v) is 9.41. The van der Waals surface area contributed by atoms with Crippen molar-refractivity contribution in [1.29, 1.82) is 0 Å². The Morgan fingerprint density at radius 2 is 1.54 bits per heavy atom. The molecule has 3 heterocycles. The van der Waals surface area contributed by atoms with Crippen LogP contribution >= 0.6 is 0 Å². The minimum Gasteiger partial charge on any atom is -0.387 e.